The number of nitrogens with zero attached hydrogens (tertiary/aromatic N) is 3. The van der Waals surface area contributed by atoms with Crippen molar-refractivity contribution in [1.29, 1.82) is 0 Å². The van der Waals surface area contributed by atoms with E-state index in [0.717, 1.165) is 61.7 Å². The first-order valence-corrected chi connectivity index (χ1v) is 14.2. The minimum Gasteiger partial charge on any atom is -0.340 e. The molecule has 3 heterocycles. The van der Waals surface area contributed by atoms with Gasteiger partial charge >= 0.3 is 0 Å². The van der Waals surface area contributed by atoms with Gasteiger partial charge in [0, 0.05) is 49.9 Å². The summed E-state index contributed by atoms with van der Waals surface area (Å²) in [4.78, 5) is 40.4. The van der Waals surface area contributed by atoms with Crippen molar-refractivity contribution in [1.82, 2.24) is 19.8 Å². The van der Waals surface area contributed by atoms with Gasteiger partial charge < -0.3 is 9.88 Å². The number of amides is 1. The minimum absolute atomic E-state index is 0.0275. The fourth-order valence-electron chi connectivity index (χ4n) is 6.25. The molecule has 2 aromatic heterocycles. The molecule has 1 N–H and O–H groups in total. The molecule has 1 saturated carbocycles. The number of hydrogen-bond donors (Lipinski definition) is 1. The normalized spacial score (nSPS) is 22.8. The third-order valence-corrected chi connectivity index (χ3v) is 9.67. The molecule has 1 aliphatic heterocycles. The fraction of sp³-hybridized carbons (Fsp3) is 0.741. The van der Waals surface area contributed by atoms with Gasteiger partial charge in [0.1, 0.15) is 10.7 Å². The molecule has 2 aliphatic carbocycles. The SMILES string of the molecule is CC(C)(C)[C@H]1CCc2c(sc3nc(CCC(=O)N4CCN(C5CCCCC5)CC4)[nH]c(=O)c23)C1. The number of carbonyl (C=O) groups is 1. The lowest BCUT2D eigenvalue weighted by Gasteiger charge is -2.40. The van der Waals surface area contributed by atoms with Gasteiger partial charge in [0.05, 0.1) is 5.39 Å². The summed E-state index contributed by atoms with van der Waals surface area (Å²) in [6.07, 6.45) is 10.8. The van der Waals surface area contributed by atoms with Crippen LogP contribution in [0, 0.1) is 11.3 Å². The Balaban J connectivity index is 1.20. The zero-order chi connectivity index (χ0) is 23.9. The molecular weight excluding hydrogens is 444 g/mol. The number of piperazine rings is 1. The Bertz CT molecular complexity index is 1080. The van der Waals surface area contributed by atoms with E-state index in [0.29, 0.717) is 24.6 Å². The van der Waals surface area contributed by atoms with Crippen molar-refractivity contribution in [2.45, 2.75) is 91.0 Å². The van der Waals surface area contributed by atoms with E-state index >= 15 is 0 Å². The van der Waals surface area contributed by atoms with Crippen LogP contribution >= 0.6 is 11.3 Å². The molecule has 1 atom stereocenters. The van der Waals surface area contributed by atoms with Crippen LogP contribution in [-0.2, 0) is 24.1 Å². The first kappa shape index (κ1) is 24.0. The second-order valence-electron chi connectivity index (χ2n) is 11.7. The number of hydrogen-bond acceptors (Lipinski definition) is 5. The summed E-state index contributed by atoms with van der Waals surface area (Å²) >= 11 is 1.69. The number of aromatic amines is 1. The highest BCUT2D eigenvalue weighted by molar-refractivity contribution is 7.18. The monoisotopic (exact) mass is 484 g/mol. The van der Waals surface area contributed by atoms with Gasteiger partial charge in [-0.15, -0.1) is 11.3 Å². The molecule has 1 amide bonds. The van der Waals surface area contributed by atoms with Crippen molar-refractivity contribution in [2.75, 3.05) is 26.2 Å². The molecular formula is C27H40N4O2S. The summed E-state index contributed by atoms with van der Waals surface area (Å²) in [6, 6.07) is 0.724. The molecule has 0 bridgehead atoms. The van der Waals surface area contributed by atoms with Crippen molar-refractivity contribution in [3.05, 3.63) is 26.6 Å². The summed E-state index contributed by atoms with van der Waals surface area (Å²) in [5.74, 6) is 1.48. The van der Waals surface area contributed by atoms with E-state index in [1.54, 1.807) is 11.3 Å². The number of rotatable bonds is 4. The molecule has 34 heavy (non-hydrogen) atoms. The van der Waals surface area contributed by atoms with E-state index in [2.05, 4.69) is 30.7 Å². The molecule has 2 fully saturated rings. The molecule has 1 saturated heterocycles. The van der Waals surface area contributed by atoms with Gasteiger partial charge in [0.2, 0.25) is 5.91 Å². The third-order valence-electron chi connectivity index (χ3n) is 8.53. The number of nitrogens with one attached hydrogen (secondary N) is 1. The molecule has 6 nitrogen and oxygen atoms in total. The van der Waals surface area contributed by atoms with Crippen LogP contribution in [0.2, 0.25) is 0 Å². The summed E-state index contributed by atoms with van der Waals surface area (Å²) in [5, 5.41) is 0.793. The number of carbonyl (C=O) groups excluding carboxylic acids is 1. The molecule has 3 aliphatic rings. The Hall–Kier alpha value is -1.73. The minimum atomic E-state index is -0.0275. The first-order valence-electron chi connectivity index (χ1n) is 13.3. The number of aromatic nitrogens is 2. The third kappa shape index (κ3) is 4.97. The summed E-state index contributed by atoms with van der Waals surface area (Å²) in [7, 11) is 0. The van der Waals surface area contributed by atoms with Crippen LogP contribution < -0.4 is 5.56 Å². The standard InChI is InChI=1S/C27H40N4O2S/c1-27(2,3)18-9-10-20-21(17-18)34-26-24(20)25(33)28-22(29-26)11-12-23(32)31-15-13-30(14-16-31)19-7-5-4-6-8-19/h18-19H,4-17H2,1-3H3,(H,28,29,33)/t18-/m0/s1. The summed E-state index contributed by atoms with van der Waals surface area (Å²) in [5.41, 5.74) is 1.47. The van der Waals surface area contributed by atoms with Crippen molar-refractivity contribution in [2.24, 2.45) is 11.3 Å². The van der Waals surface area contributed by atoms with E-state index in [4.69, 9.17) is 4.98 Å². The lowest BCUT2D eigenvalue weighted by Crippen LogP contribution is -2.52. The predicted octanol–water partition coefficient (Wildman–Crippen LogP) is 4.55. The molecule has 7 heteroatoms. The molecule has 186 valence electrons. The second-order valence-corrected chi connectivity index (χ2v) is 12.8. The summed E-state index contributed by atoms with van der Waals surface area (Å²) < 4.78 is 0. The van der Waals surface area contributed by atoms with Crippen LogP contribution in [0.4, 0.5) is 0 Å². The zero-order valence-electron chi connectivity index (χ0n) is 21.1. The average molecular weight is 485 g/mol. The Morgan fingerprint density at radius 2 is 1.82 bits per heavy atom. The lowest BCUT2D eigenvalue weighted by molar-refractivity contribution is -0.133. The molecule has 2 aromatic rings. The molecule has 0 aromatic carbocycles. The topological polar surface area (TPSA) is 69.3 Å². The maximum absolute atomic E-state index is 13.0. The van der Waals surface area contributed by atoms with Crippen molar-refractivity contribution in [3.8, 4) is 0 Å². The van der Waals surface area contributed by atoms with Gasteiger partial charge in [-0.2, -0.15) is 0 Å². The van der Waals surface area contributed by atoms with Gasteiger partial charge in [-0.1, -0.05) is 40.0 Å². The quantitative estimate of drug-likeness (QED) is 0.692. The summed E-state index contributed by atoms with van der Waals surface area (Å²) in [6.45, 7) is 10.6. The van der Waals surface area contributed by atoms with E-state index in [1.807, 2.05) is 4.90 Å². The van der Waals surface area contributed by atoms with Crippen molar-refractivity contribution >= 4 is 27.5 Å². The van der Waals surface area contributed by atoms with Gasteiger partial charge in [0.15, 0.2) is 0 Å². The predicted molar refractivity (Wildman–Crippen MR) is 139 cm³/mol. The molecule has 5 rings (SSSR count). The maximum Gasteiger partial charge on any atom is 0.259 e. The number of H-pyrrole nitrogens is 1. The highest BCUT2D eigenvalue weighted by Gasteiger charge is 2.32. The maximum atomic E-state index is 13.0. The van der Waals surface area contributed by atoms with E-state index in [-0.39, 0.29) is 16.9 Å². The van der Waals surface area contributed by atoms with Gasteiger partial charge in [-0.3, -0.25) is 14.5 Å². The van der Waals surface area contributed by atoms with Crippen LogP contribution in [-0.4, -0.2) is 57.9 Å². The Morgan fingerprint density at radius 3 is 2.53 bits per heavy atom. The van der Waals surface area contributed by atoms with Gasteiger partial charge in [-0.05, 0) is 49.0 Å². The highest BCUT2D eigenvalue weighted by Crippen LogP contribution is 2.42. The van der Waals surface area contributed by atoms with Crippen molar-refractivity contribution in [3.63, 3.8) is 0 Å². The zero-order valence-corrected chi connectivity index (χ0v) is 21.9. The number of aryl methyl sites for hydroxylation is 2. The first-order chi connectivity index (χ1) is 16.3. The Labute approximate surface area is 207 Å². The van der Waals surface area contributed by atoms with Crippen LogP contribution in [0.15, 0.2) is 4.79 Å². The van der Waals surface area contributed by atoms with Gasteiger partial charge in [-0.25, -0.2) is 4.98 Å². The molecule has 0 spiro atoms. The van der Waals surface area contributed by atoms with Crippen LogP contribution in [0.5, 0.6) is 0 Å². The van der Waals surface area contributed by atoms with Crippen LogP contribution in [0.3, 0.4) is 0 Å². The van der Waals surface area contributed by atoms with E-state index < -0.39 is 0 Å². The Kier molecular flexibility index (Phi) is 6.86. The smallest absolute Gasteiger partial charge is 0.259 e. The second kappa shape index (κ2) is 9.73. The molecule has 0 radical (unpaired) electrons. The van der Waals surface area contributed by atoms with Crippen LogP contribution in [0.1, 0.15) is 82.0 Å². The van der Waals surface area contributed by atoms with Gasteiger partial charge in [0.25, 0.3) is 5.56 Å². The Morgan fingerprint density at radius 1 is 1.09 bits per heavy atom. The fourth-order valence-corrected chi connectivity index (χ4v) is 7.57. The van der Waals surface area contributed by atoms with Crippen LogP contribution in [0.25, 0.3) is 10.2 Å². The molecule has 0 unspecified atom stereocenters. The van der Waals surface area contributed by atoms with Crippen molar-refractivity contribution < 1.29 is 4.79 Å². The number of thiophene rings is 1. The lowest BCUT2D eigenvalue weighted by atomic mass is 9.72. The van der Waals surface area contributed by atoms with E-state index in [9.17, 15) is 9.59 Å². The van der Waals surface area contributed by atoms with E-state index in [1.165, 1.54) is 42.5 Å². The largest absolute Gasteiger partial charge is 0.340 e. The highest BCUT2D eigenvalue weighted by atomic mass is 32.1. The number of fused-ring (bicyclic) bond motifs is 3. The average Bonchev–Trinajstić information content (AvgIpc) is 3.21.